The highest BCUT2D eigenvalue weighted by molar-refractivity contribution is 7.08. The summed E-state index contributed by atoms with van der Waals surface area (Å²) in [6, 6.07) is 1.73. The van der Waals surface area contributed by atoms with Crippen LogP contribution in [0.15, 0.2) is 16.8 Å². The summed E-state index contributed by atoms with van der Waals surface area (Å²) in [6.45, 7) is 1.60. The van der Waals surface area contributed by atoms with Crippen molar-refractivity contribution in [3.8, 4) is 0 Å². The van der Waals surface area contributed by atoms with E-state index in [0.717, 1.165) is 0 Å². The fourth-order valence-corrected chi connectivity index (χ4v) is 1.37. The quantitative estimate of drug-likeness (QED) is 0.391. The largest absolute Gasteiger partial charge is 0.303 e. The van der Waals surface area contributed by atoms with Gasteiger partial charge in [-0.1, -0.05) is 0 Å². The van der Waals surface area contributed by atoms with Crippen molar-refractivity contribution in [1.29, 1.82) is 0 Å². The molecule has 0 fully saturated rings. The van der Waals surface area contributed by atoms with E-state index in [1.54, 1.807) is 18.4 Å². The van der Waals surface area contributed by atoms with Crippen LogP contribution in [0.5, 0.6) is 0 Å². The number of Topliss-reactive ketones (excluding diaryl/α,β-unsaturated/α-hetero) is 1. The van der Waals surface area contributed by atoms with Gasteiger partial charge in [0.25, 0.3) is 0 Å². The van der Waals surface area contributed by atoms with Crippen molar-refractivity contribution in [3.05, 3.63) is 22.4 Å². The molecule has 3 heteroatoms. The molecule has 0 aromatic carbocycles. The molecule has 1 aromatic heterocycles. The first-order valence-electron chi connectivity index (χ1n) is 3.27. The molecule has 0 bridgehead atoms. The van der Waals surface area contributed by atoms with E-state index in [0.29, 0.717) is 11.8 Å². The fourth-order valence-electron chi connectivity index (χ4n) is 0.729. The van der Waals surface area contributed by atoms with Crippen LogP contribution in [-0.2, 0) is 4.79 Å². The first-order valence-corrected chi connectivity index (χ1v) is 4.21. The highest BCUT2D eigenvalue weighted by Crippen LogP contribution is 2.10. The summed E-state index contributed by atoms with van der Waals surface area (Å²) in [6.07, 6.45) is 0.667. The van der Waals surface area contributed by atoms with Gasteiger partial charge in [-0.15, -0.1) is 0 Å². The Morgan fingerprint density at radius 3 is 2.91 bits per heavy atom. The molecule has 2 nitrogen and oxygen atoms in total. The van der Waals surface area contributed by atoms with Gasteiger partial charge in [-0.25, -0.2) is 0 Å². The van der Waals surface area contributed by atoms with E-state index in [2.05, 4.69) is 0 Å². The van der Waals surface area contributed by atoms with Crippen LogP contribution in [0.2, 0.25) is 0 Å². The molecular formula is C8H8O2S. The monoisotopic (exact) mass is 168 g/mol. The predicted molar refractivity (Wildman–Crippen MR) is 43.9 cm³/mol. The van der Waals surface area contributed by atoms with Crippen molar-refractivity contribution in [3.63, 3.8) is 0 Å². The lowest BCUT2D eigenvalue weighted by atomic mass is 10.0. The second-order valence-electron chi connectivity index (χ2n) is 2.30. The Kier molecular flexibility index (Phi) is 2.54. The molecule has 0 aliphatic carbocycles. The zero-order valence-corrected chi connectivity index (χ0v) is 6.93. The van der Waals surface area contributed by atoms with Crippen LogP contribution >= 0.6 is 11.3 Å². The van der Waals surface area contributed by atoms with E-state index in [1.165, 1.54) is 11.3 Å². The van der Waals surface area contributed by atoms with Crippen molar-refractivity contribution in [2.24, 2.45) is 5.92 Å². The lowest BCUT2D eigenvalue weighted by Crippen LogP contribution is -2.10. The highest BCUT2D eigenvalue weighted by Gasteiger charge is 2.13. The molecule has 1 atom stereocenters. The van der Waals surface area contributed by atoms with Gasteiger partial charge in [0.05, 0.1) is 5.92 Å². The van der Waals surface area contributed by atoms with E-state index >= 15 is 0 Å². The zero-order chi connectivity index (χ0) is 8.27. The molecule has 1 unspecified atom stereocenters. The van der Waals surface area contributed by atoms with Gasteiger partial charge in [0.15, 0.2) is 5.78 Å². The normalized spacial score (nSPS) is 12.5. The molecule has 0 aliphatic heterocycles. The summed E-state index contributed by atoms with van der Waals surface area (Å²) in [5, 5.41) is 3.58. The SMILES string of the molecule is CC(C=O)C(=O)c1ccsc1. The predicted octanol–water partition coefficient (Wildman–Crippen LogP) is 1.77. The molecule has 0 radical (unpaired) electrons. The van der Waals surface area contributed by atoms with Gasteiger partial charge in [0.2, 0.25) is 0 Å². The lowest BCUT2D eigenvalue weighted by molar-refractivity contribution is -0.109. The maximum absolute atomic E-state index is 11.2. The third-order valence-corrected chi connectivity index (χ3v) is 2.11. The Balaban J connectivity index is 2.78. The van der Waals surface area contributed by atoms with Crippen molar-refractivity contribution in [2.75, 3.05) is 0 Å². The van der Waals surface area contributed by atoms with Crippen LogP contribution < -0.4 is 0 Å². The Bertz CT molecular complexity index is 251. The number of aldehydes is 1. The lowest BCUT2D eigenvalue weighted by Gasteiger charge is -1.97. The first-order chi connectivity index (χ1) is 5.25. The molecular weight excluding hydrogens is 160 g/mol. The van der Waals surface area contributed by atoms with Crippen LogP contribution in [-0.4, -0.2) is 12.1 Å². The summed E-state index contributed by atoms with van der Waals surface area (Å²) in [7, 11) is 0. The second kappa shape index (κ2) is 3.44. The van der Waals surface area contributed by atoms with Crippen LogP contribution in [0.4, 0.5) is 0 Å². The summed E-state index contributed by atoms with van der Waals surface area (Å²) in [4.78, 5) is 21.4. The number of hydrogen-bond acceptors (Lipinski definition) is 3. The number of carbonyl (C=O) groups excluding carboxylic acids is 2. The molecule has 0 saturated heterocycles. The van der Waals surface area contributed by atoms with E-state index in [-0.39, 0.29) is 5.78 Å². The van der Waals surface area contributed by atoms with E-state index in [9.17, 15) is 9.59 Å². The number of hydrogen-bond donors (Lipinski definition) is 0. The maximum atomic E-state index is 11.2. The molecule has 0 aliphatic rings. The molecule has 0 amide bonds. The maximum Gasteiger partial charge on any atom is 0.173 e. The summed E-state index contributed by atoms with van der Waals surface area (Å²) in [5.74, 6) is -0.606. The number of thiophene rings is 1. The molecule has 1 heterocycles. The molecule has 11 heavy (non-hydrogen) atoms. The Morgan fingerprint density at radius 1 is 1.73 bits per heavy atom. The molecule has 0 saturated carbocycles. The van der Waals surface area contributed by atoms with Gasteiger partial charge in [0.1, 0.15) is 6.29 Å². The Hall–Kier alpha value is -0.960. The van der Waals surface area contributed by atoms with E-state index in [4.69, 9.17) is 0 Å². The van der Waals surface area contributed by atoms with Crippen molar-refractivity contribution in [2.45, 2.75) is 6.92 Å². The van der Waals surface area contributed by atoms with E-state index < -0.39 is 5.92 Å². The molecule has 0 spiro atoms. The summed E-state index contributed by atoms with van der Waals surface area (Å²) < 4.78 is 0. The number of ketones is 1. The Morgan fingerprint density at radius 2 is 2.45 bits per heavy atom. The van der Waals surface area contributed by atoms with Crippen molar-refractivity contribution < 1.29 is 9.59 Å². The summed E-state index contributed by atoms with van der Waals surface area (Å²) in [5.41, 5.74) is 0.634. The molecule has 0 N–H and O–H groups in total. The minimum Gasteiger partial charge on any atom is -0.303 e. The molecule has 1 aromatic rings. The van der Waals surface area contributed by atoms with Crippen LogP contribution in [0.3, 0.4) is 0 Å². The smallest absolute Gasteiger partial charge is 0.173 e. The first kappa shape index (κ1) is 8.14. The molecule has 1 rings (SSSR count). The van der Waals surface area contributed by atoms with Gasteiger partial charge < -0.3 is 4.79 Å². The topological polar surface area (TPSA) is 34.1 Å². The zero-order valence-electron chi connectivity index (χ0n) is 6.11. The van der Waals surface area contributed by atoms with Gasteiger partial charge >= 0.3 is 0 Å². The minimum atomic E-state index is -0.510. The highest BCUT2D eigenvalue weighted by atomic mass is 32.1. The summed E-state index contributed by atoms with van der Waals surface area (Å²) >= 11 is 1.46. The second-order valence-corrected chi connectivity index (χ2v) is 3.08. The fraction of sp³-hybridized carbons (Fsp3) is 0.250. The van der Waals surface area contributed by atoms with Crippen molar-refractivity contribution >= 4 is 23.4 Å². The van der Waals surface area contributed by atoms with Gasteiger partial charge in [-0.05, 0) is 18.4 Å². The van der Waals surface area contributed by atoms with Crippen LogP contribution in [0, 0.1) is 5.92 Å². The number of rotatable bonds is 3. The number of carbonyl (C=O) groups is 2. The standard InChI is InChI=1S/C8H8O2S/c1-6(4-9)8(10)7-2-3-11-5-7/h2-6H,1H3. The third kappa shape index (κ3) is 1.74. The average molecular weight is 168 g/mol. The van der Waals surface area contributed by atoms with Gasteiger partial charge in [-0.3, -0.25) is 4.79 Å². The minimum absolute atomic E-state index is 0.0961. The van der Waals surface area contributed by atoms with Gasteiger partial charge in [-0.2, -0.15) is 11.3 Å². The van der Waals surface area contributed by atoms with Crippen LogP contribution in [0.1, 0.15) is 17.3 Å². The van der Waals surface area contributed by atoms with E-state index in [1.807, 2.05) is 5.38 Å². The Labute approximate surface area is 68.9 Å². The third-order valence-electron chi connectivity index (χ3n) is 1.42. The van der Waals surface area contributed by atoms with Crippen molar-refractivity contribution in [1.82, 2.24) is 0 Å². The molecule has 58 valence electrons. The van der Waals surface area contributed by atoms with Gasteiger partial charge in [0, 0.05) is 10.9 Å². The average Bonchev–Trinajstić information content (AvgIpc) is 2.53. The van der Waals surface area contributed by atoms with Crippen LogP contribution in [0.25, 0.3) is 0 Å².